The number of hydrogen-bond donors (Lipinski definition) is 2. The van der Waals surface area contributed by atoms with Gasteiger partial charge in [-0.25, -0.2) is 4.98 Å². The Morgan fingerprint density at radius 2 is 1.91 bits per heavy atom. The first-order chi connectivity index (χ1) is 11.2. The Balaban J connectivity index is 1.45. The van der Waals surface area contributed by atoms with Crippen LogP contribution < -0.4 is 5.32 Å². The second kappa shape index (κ2) is 7.29. The summed E-state index contributed by atoms with van der Waals surface area (Å²) in [5, 5.41) is 3.57. The molecule has 0 radical (unpaired) electrons. The average Bonchev–Trinajstić information content (AvgIpc) is 2.97. The van der Waals surface area contributed by atoms with Crippen molar-refractivity contribution in [3.63, 3.8) is 0 Å². The third-order valence-electron chi connectivity index (χ3n) is 3.69. The molecule has 0 bridgehead atoms. The molecule has 0 aliphatic rings. The third kappa shape index (κ3) is 4.11. The number of carbonyl (C=O) groups excluding carboxylic acids is 1. The van der Waals surface area contributed by atoms with Gasteiger partial charge in [0.2, 0.25) is 5.91 Å². The van der Waals surface area contributed by atoms with Crippen molar-refractivity contribution >= 4 is 28.5 Å². The minimum absolute atomic E-state index is 0.0287. The molecule has 3 aromatic rings. The third-order valence-corrected chi connectivity index (χ3v) is 4.06. The molecule has 1 aromatic heterocycles. The average molecular weight is 328 g/mol. The molecule has 5 heteroatoms. The van der Waals surface area contributed by atoms with E-state index in [0.717, 1.165) is 35.3 Å². The first kappa shape index (κ1) is 15.6. The van der Waals surface area contributed by atoms with E-state index in [9.17, 15) is 4.79 Å². The lowest BCUT2D eigenvalue weighted by Crippen LogP contribution is -2.22. The summed E-state index contributed by atoms with van der Waals surface area (Å²) in [6.45, 7) is 0.461. The summed E-state index contributed by atoms with van der Waals surface area (Å²) < 4.78 is 0. The number of aryl methyl sites for hydroxylation is 1. The van der Waals surface area contributed by atoms with Crippen molar-refractivity contribution in [3.8, 4) is 0 Å². The number of para-hydroxylation sites is 2. The smallest absolute Gasteiger partial charge is 0.220 e. The first-order valence-electron chi connectivity index (χ1n) is 7.66. The van der Waals surface area contributed by atoms with Gasteiger partial charge in [-0.15, -0.1) is 0 Å². The number of hydrogen-bond acceptors (Lipinski definition) is 2. The highest BCUT2D eigenvalue weighted by Crippen LogP contribution is 2.14. The molecule has 0 atom stereocenters. The van der Waals surface area contributed by atoms with Crippen molar-refractivity contribution in [3.05, 3.63) is 64.9 Å². The standard InChI is InChI=1S/C18H18ClN3O/c19-14-7-2-1-6-13(14)12-20-18(23)11-5-10-17-21-15-8-3-4-9-16(15)22-17/h1-4,6-9H,5,10-12H2,(H,20,23)(H,21,22). The van der Waals surface area contributed by atoms with Crippen LogP contribution in [0, 0.1) is 0 Å². The molecular formula is C18H18ClN3O. The lowest BCUT2D eigenvalue weighted by molar-refractivity contribution is -0.121. The highest BCUT2D eigenvalue weighted by Gasteiger charge is 2.06. The van der Waals surface area contributed by atoms with Crippen molar-refractivity contribution in [1.29, 1.82) is 0 Å². The molecular weight excluding hydrogens is 310 g/mol. The predicted molar refractivity (Wildman–Crippen MR) is 92.3 cm³/mol. The van der Waals surface area contributed by atoms with E-state index in [1.807, 2.05) is 48.5 Å². The predicted octanol–water partition coefficient (Wildman–Crippen LogP) is 3.86. The number of aromatic nitrogens is 2. The number of fused-ring (bicyclic) bond motifs is 1. The Morgan fingerprint density at radius 1 is 1.13 bits per heavy atom. The maximum absolute atomic E-state index is 11.9. The molecule has 0 saturated carbocycles. The van der Waals surface area contributed by atoms with E-state index < -0.39 is 0 Å². The van der Waals surface area contributed by atoms with Gasteiger partial charge in [-0.05, 0) is 30.2 Å². The second-order valence-electron chi connectivity index (χ2n) is 5.42. The van der Waals surface area contributed by atoms with Gasteiger partial charge in [-0.1, -0.05) is 41.9 Å². The number of nitrogens with zero attached hydrogens (tertiary/aromatic N) is 1. The Kier molecular flexibility index (Phi) is 4.93. The SMILES string of the molecule is O=C(CCCc1nc2ccccc2[nH]1)NCc1ccccc1Cl. The Hall–Kier alpha value is -2.33. The summed E-state index contributed by atoms with van der Waals surface area (Å²) >= 11 is 6.07. The van der Waals surface area contributed by atoms with Crippen LogP contribution in [0.25, 0.3) is 11.0 Å². The van der Waals surface area contributed by atoms with Crippen molar-refractivity contribution in [2.75, 3.05) is 0 Å². The number of halogens is 1. The summed E-state index contributed by atoms with van der Waals surface area (Å²) in [5.41, 5.74) is 2.93. The van der Waals surface area contributed by atoms with Crippen LogP contribution in [-0.2, 0) is 17.8 Å². The van der Waals surface area contributed by atoms with Crippen LogP contribution >= 0.6 is 11.6 Å². The van der Waals surface area contributed by atoms with Crippen LogP contribution in [0.3, 0.4) is 0 Å². The fraction of sp³-hybridized carbons (Fsp3) is 0.222. The molecule has 1 amide bonds. The van der Waals surface area contributed by atoms with E-state index in [2.05, 4.69) is 15.3 Å². The number of amides is 1. The molecule has 0 unspecified atom stereocenters. The van der Waals surface area contributed by atoms with Gasteiger partial charge in [-0.2, -0.15) is 0 Å². The van der Waals surface area contributed by atoms with Crippen molar-refractivity contribution < 1.29 is 4.79 Å². The quantitative estimate of drug-likeness (QED) is 0.722. The van der Waals surface area contributed by atoms with Crippen LogP contribution in [0.15, 0.2) is 48.5 Å². The Morgan fingerprint density at radius 3 is 2.74 bits per heavy atom. The second-order valence-corrected chi connectivity index (χ2v) is 5.83. The first-order valence-corrected chi connectivity index (χ1v) is 8.04. The van der Waals surface area contributed by atoms with Crippen LogP contribution in [0.4, 0.5) is 0 Å². The Labute approximate surface area is 139 Å². The van der Waals surface area contributed by atoms with Crippen molar-refractivity contribution in [2.45, 2.75) is 25.8 Å². The molecule has 0 saturated heterocycles. The summed E-state index contributed by atoms with van der Waals surface area (Å²) in [6, 6.07) is 15.5. The van der Waals surface area contributed by atoms with E-state index in [1.165, 1.54) is 0 Å². The maximum Gasteiger partial charge on any atom is 0.220 e. The number of aromatic amines is 1. The van der Waals surface area contributed by atoms with Crippen LogP contribution in [0.1, 0.15) is 24.2 Å². The maximum atomic E-state index is 11.9. The number of rotatable bonds is 6. The normalized spacial score (nSPS) is 10.8. The molecule has 0 spiro atoms. The lowest BCUT2D eigenvalue weighted by atomic mass is 10.2. The van der Waals surface area contributed by atoms with Crippen LogP contribution in [0.5, 0.6) is 0 Å². The van der Waals surface area contributed by atoms with Gasteiger partial charge < -0.3 is 10.3 Å². The highest BCUT2D eigenvalue weighted by molar-refractivity contribution is 6.31. The Bertz CT molecular complexity index is 780. The molecule has 1 heterocycles. The number of imidazole rings is 1. The van der Waals surface area contributed by atoms with Crippen molar-refractivity contribution in [1.82, 2.24) is 15.3 Å². The minimum Gasteiger partial charge on any atom is -0.352 e. The van der Waals surface area contributed by atoms with E-state index in [1.54, 1.807) is 0 Å². The molecule has 4 nitrogen and oxygen atoms in total. The van der Waals surface area contributed by atoms with E-state index in [0.29, 0.717) is 18.0 Å². The molecule has 118 valence electrons. The molecule has 0 aliphatic heterocycles. The van der Waals surface area contributed by atoms with Crippen molar-refractivity contribution in [2.24, 2.45) is 0 Å². The van der Waals surface area contributed by atoms with Crippen LogP contribution in [0.2, 0.25) is 5.02 Å². The zero-order chi connectivity index (χ0) is 16.1. The van der Waals surface area contributed by atoms with Gasteiger partial charge in [-0.3, -0.25) is 4.79 Å². The topological polar surface area (TPSA) is 57.8 Å². The number of nitrogens with one attached hydrogen (secondary N) is 2. The summed E-state index contributed by atoms with van der Waals surface area (Å²) in [7, 11) is 0. The summed E-state index contributed by atoms with van der Waals surface area (Å²) in [4.78, 5) is 19.7. The monoisotopic (exact) mass is 327 g/mol. The zero-order valence-electron chi connectivity index (χ0n) is 12.7. The van der Waals surface area contributed by atoms with Crippen LogP contribution in [-0.4, -0.2) is 15.9 Å². The van der Waals surface area contributed by atoms with Gasteiger partial charge in [0, 0.05) is 24.4 Å². The molecule has 3 rings (SSSR count). The van der Waals surface area contributed by atoms with Gasteiger partial charge in [0.15, 0.2) is 0 Å². The minimum atomic E-state index is 0.0287. The fourth-order valence-corrected chi connectivity index (χ4v) is 2.67. The molecule has 0 aliphatic carbocycles. The number of benzene rings is 2. The molecule has 23 heavy (non-hydrogen) atoms. The molecule has 2 aromatic carbocycles. The van der Waals surface area contributed by atoms with Gasteiger partial charge in [0.25, 0.3) is 0 Å². The zero-order valence-corrected chi connectivity index (χ0v) is 13.4. The van der Waals surface area contributed by atoms with E-state index in [-0.39, 0.29) is 5.91 Å². The lowest BCUT2D eigenvalue weighted by Gasteiger charge is -2.06. The summed E-state index contributed by atoms with van der Waals surface area (Å²) in [6.07, 6.45) is 1.99. The number of carbonyl (C=O) groups is 1. The van der Waals surface area contributed by atoms with E-state index in [4.69, 9.17) is 11.6 Å². The largest absolute Gasteiger partial charge is 0.352 e. The molecule has 2 N–H and O–H groups in total. The van der Waals surface area contributed by atoms with Gasteiger partial charge in [0.05, 0.1) is 11.0 Å². The van der Waals surface area contributed by atoms with E-state index >= 15 is 0 Å². The number of H-pyrrole nitrogens is 1. The fourth-order valence-electron chi connectivity index (χ4n) is 2.46. The highest BCUT2D eigenvalue weighted by atomic mass is 35.5. The van der Waals surface area contributed by atoms with Gasteiger partial charge >= 0.3 is 0 Å². The molecule has 0 fully saturated rings. The van der Waals surface area contributed by atoms with Gasteiger partial charge in [0.1, 0.15) is 5.82 Å². The summed E-state index contributed by atoms with van der Waals surface area (Å²) in [5.74, 6) is 0.950.